The summed E-state index contributed by atoms with van der Waals surface area (Å²) in [5.74, 6) is 0.739. The van der Waals surface area contributed by atoms with Crippen LogP contribution in [0.1, 0.15) is 11.6 Å². The number of nitrogens with zero attached hydrogens (tertiary/aromatic N) is 2. The number of ether oxygens (including phenoxy) is 2. The zero-order valence-electron chi connectivity index (χ0n) is 13.3. The van der Waals surface area contributed by atoms with E-state index in [1.165, 1.54) is 4.31 Å². The van der Waals surface area contributed by atoms with E-state index < -0.39 is 15.3 Å². The zero-order valence-corrected chi connectivity index (χ0v) is 14.2. The highest BCUT2D eigenvalue weighted by atomic mass is 32.2. The van der Waals surface area contributed by atoms with Crippen molar-refractivity contribution < 1.29 is 22.7 Å². The van der Waals surface area contributed by atoms with Crippen molar-refractivity contribution in [3.8, 4) is 5.75 Å². The fraction of sp³-hybridized carbons (Fsp3) is 0.600. The van der Waals surface area contributed by atoms with Crippen LogP contribution >= 0.6 is 0 Å². The number of methoxy groups -OCH3 is 1. The number of morpholine rings is 1. The Bertz CT molecular complexity index is 628. The summed E-state index contributed by atoms with van der Waals surface area (Å²) in [5, 5.41) is 1.00. The molecule has 0 saturated carbocycles. The number of rotatable bonds is 4. The Morgan fingerprint density at radius 1 is 1.17 bits per heavy atom. The molecule has 0 spiro atoms. The van der Waals surface area contributed by atoms with Gasteiger partial charge < -0.3 is 9.47 Å². The summed E-state index contributed by atoms with van der Waals surface area (Å²) >= 11 is 0. The second kappa shape index (κ2) is 6.74. The molecule has 8 heteroatoms. The van der Waals surface area contributed by atoms with Crippen LogP contribution in [0, 0.1) is 0 Å². The molecule has 23 heavy (non-hydrogen) atoms. The summed E-state index contributed by atoms with van der Waals surface area (Å²) in [6, 6.07) is 7.10. The van der Waals surface area contributed by atoms with Crippen molar-refractivity contribution in [3.63, 3.8) is 0 Å². The van der Waals surface area contributed by atoms with Crippen molar-refractivity contribution in [1.29, 1.82) is 0 Å². The fourth-order valence-corrected chi connectivity index (χ4v) is 4.99. The van der Waals surface area contributed by atoms with E-state index in [9.17, 15) is 8.42 Å². The molecule has 0 radical (unpaired) electrons. The molecule has 2 aliphatic rings. The molecule has 0 N–H and O–H groups in total. The zero-order chi connectivity index (χ0) is 16.4. The van der Waals surface area contributed by atoms with Gasteiger partial charge in [0.2, 0.25) is 10.0 Å². The van der Waals surface area contributed by atoms with Gasteiger partial charge in [0.1, 0.15) is 11.0 Å². The summed E-state index contributed by atoms with van der Waals surface area (Å²) in [5.41, 5.74) is 0.896. The van der Waals surface area contributed by atoms with E-state index in [1.54, 1.807) is 19.2 Å². The maximum atomic E-state index is 13.0. The molecular weight excluding hydrogens is 320 g/mol. The van der Waals surface area contributed by atoms with Crippen LogP contribution in [0.2, 0.25) is 0 Å². The van der Waals surface area contributed by atoms with E-state index in [4.69, 9.17) is 14.3 Å². The topological polar surface area (TPSA) is 68.3 Å². The number of hydrogen-bond donors (Lipinski definition) is 0. The summed E-state index contributed by atoms with van der Waals surface area (Å²) in [4.78, 5) is 5.53. The predicted octanol–water partition coefficient (Wildman–Crippen LogP) is 0.644. The molecule has 0 amide bonds. The van der Waals surface area contributed by atoms with Crippen LogP contribution in [0.4, 0.5) is 0 Å². The van der Waals surface area contributed by atoms with Crippen molar-refractivity contribution in [2.24, 2.45) is 0 Å². The summed E-state index contributed by atoms with van der Waals surface area (Å²) in [6.07, 6.45) is 0. The van der Waals surface area contributed by atoms with Crippen molar-refractivity contribution in [2.45, 2.75) is 11.3 Å². The maximum Gasteiger partial charge on any atom is 0.221 e. The van der Waals surface area contributed by atoms with E-state index in [0.717, 1.165) is 11.3 Å². The summed E-state index contributed by atoms with van der Waals surface area (Å²) < 4.78 is 37.9. The summed E-state index contributed by atoms with van der Waals surface area (Å²) in [7, 11) is -0.0820. The molecule has 0 aromatic heterocycles. The molecule has 7 nitrogen and oxygen atoms in total. The van der Waals surface area contributed by atoms with Gasteiger partial charge in [-0.1, -0.05) is 12.1 Å². The second-order valence-electron chi connectivity index (χ2n) is 5.65. The first-order chi connectivity index (χ1) is 11.0. The monoisotopic (exact) mass is 342 g/mol. The van der Waals surface area contributed by atoms with Crippen molar-refractivity contribution in [3.05, 3.63) is 29.8 Å². The average Bonchev–Trinajstić information content (AvgIpc) is 2.98. The predicted molar refractivity (Wildman–Crippen MR) is 84.5 cm³/mol. The number of hydroxylamine groups is 2. The van der Waals surface area contributed by atoms with E-state index in [0.29, 0.717) is 26.3 Å². The molecule has 2 fully saturated rings. The first kappa shape index (κ1) is 16.7. The third-order valence-electron chi connectivity index (χ3n) is 4.36. The van der Waals surface area contributed by atoms with Crippen LogP contribution in [0.5, 0.6) is 5.75 Å². The SMILES string of the molecule is COc1ccc([C@@H]2[C@@H](S(=O)(=O)N3CCOCC3)CON2C)cc1. The highest BCUT2D eigenvalue weighted by molar-refractivity contribution is 7.89. The molecule has 2 atom stereocenters. The smallest absolute Gasteiger partial charge is 0.221 e. The van der Waals surface area contributed by atoms with Crippen LogP contribution in [-0.4, -0.2) is 70.1 Å². The Morgan fingerprint density at radius 3 is 2.43 bits per heavy atom. The number of sulfonamides is 1. The molecule has 2 aliphatic heterocycles. The Labute approximate surface area is 136 Å². The van der Waals surface area contributed by atoms with Crippen LogP contribution in [0.3, 0.4) is 0 Å². The minimum atomic E-state index is -3.45. The minimum Gasteiger partial charge on any atom is -0.497 e. The van der Waals surface area contributed by atoms with E-state index in [2.05, 4.69) is 0 Å². The largest absolute Gasteiger partial charge is 0.497 e. The Hall–Kier alpha value is -1.19. The van der Waals surface area contributed by atoms with Crippen LogP contribution in [-0.2, 0) is 19.6 Å². The molecule has 0 unspecified atom stereocenters. The molecule has 128 valence electrons. The quantitative estimate of drug-likeness (QED) is 0.800. The third-order valence-corrected chi connectivity index (χ3v) is 6.60. The molecule has 1 aromatic rings. The molecule has 2 heterocycles. The van der Waals surface area contributed by atoms with Crippen LogP contribution in [0.25, 0.3) is 0 Å². The summed E-state index contributed by atoms with van der Waals surface area (Å²) in [6.45, 7) is 1.84. The van der Waals surface area contributed by atoms with Crippen molar-refractivity contribution in [1.82, 2.24) is 9.37 Å². The molecule has 2 saturated heterocycles. The molecule has 1 aromatic carbocycles. The third kappa shape index (κ3) is 3.22. The van der Waals surface area contributed by atoms with Gasteiger partial charge in [0.05, 0.1) is 33.0 Å². The standard InChI is InChI=1S/C15H22N2O5S/c1-16-15(12-3-5-13(20-2)6-4-12)14(11-22-16)23(18,19)17-7-9-21-10-8-17/h3-6,14-15H,7-11H2,1-2H3/t14-,15+/m0/s1. The molecule has 3 rings (SSSR count). The van der Waals surface area contributed by atoms with E-state index >= 15 is 0 Å². The first-order valence-corrected chi connectivity index (χ1v) is 9.11. The molecule has 0 aliphatic carbocycles. The first-order valence-electron chi connectivity index (χ1n) is 7.60. The van der Waals surface area contributed by atoms with E-state index in [1.807, 2.05) is 24.3 Å². The lowest BCUT2D eigenvalue weighted by molar-refractivity contribution is -0.110. The fourth-order valence-electron chi connectivity index (χ4n) is 3.06. The highest BCUT2D eigenvalue weighted by Crippen LogP contribution is 2.35. The number of benzene rings is 1. The van der Waals surface area contributed by atoms with Gasteiger partial charge in [-0.05, 0) is 17.7 Å². The maximum absolute atomic E-state index is 13.0. The second-order valence-corrected chi connectivity index (χ2v) is 7.81. The Kier molecular flexibility index (Phi) is 4.88. The normalized spacial score (nSPS) is 27.2. The van der Waals surface area contributed by atoms with Gasteiger partial charge in [0.15, 0.2) is 0 Å². The van der Waals surface area contributed by atoms with Crippen LogP contribution < -0.4 is 4.74 Å². The van der Waals surface area contributed by atoms with Gasteiger partial charge in [-0.25, -0.2) is 8.42 Å². The van der Waals surface area contributed by atoms with Crippen molar-refractivity contribution in [2.75, 3.05) is 47.1 Å². The highest BCUT2D eigenvalue weighted by Gasteiger charge is 2.45. The van der Waals surface area contributed by atoms with Crippen molar-refractivity contribution >= 4 is 10.0 Å². The molecule has 0 bridgehead atoms. The lowest BCUT2D eigenvalue weighted by atomic mass is 10.0. The van der Waals surface area contributed by atoms with E-state index in [-0.39, 0.29) is 12.6 Å². The van der Waals surface area contributed by atoms with Gasteiger partial charge >= 0.3 is 0 Å². The lowest BCUT2D eigenvalue weighted by Gasteiger charge is -2.31. The molecular formula is C15H22N2O5S. The average molecular weight is 342 g/mol. The lowest BCUT2D eigenvalue weighted by Crippen LogP contribution is -2.47. The van der Waals surface area contributed by atoms with Crippen LogP contribution in [0.15, 0.2) is 24.3 Å². The van der Waals surface area contributed by atoms with Gasteiger partial charge in [-0.15, -0.1) is 0 Å². The van der Waals surface area contributed by atoms with Gasteiger partial charge in [-0.2, -0.15) is 9.37 Å². The van der Waals surface area contributed by atoms with Gasteiger partial charge in [0.25, 0.3) is 0 Å². The minimum absolute atomic E-state index is 0.160. The van der Waals surface area contributed by atoms with Gasteiger partial charge in [-0.3, -0.25) is 4.84 Å². The Balaban J connectivity index is 1.87. The number of hydrogen-bond acceptors (Lipinski definition) is 6. The van der Waals surface area contributed by atoms with Gasteiger partial charge in [0, 0.05) is 20.1 Å². The Morgan fingerprint density at radius 2 is 1.83 bits per heavy atom.